The fourth-order valence-electron chi connectivity index (χ4n) is 1.01. The van der Waals surface area contributed by atoms with Gasteiger partial charge in [-0.3, -0.25) is 10.1 Å². The van der Waals surface area contributed by atoms with Crippen molar-refractivity contribution in [3.63, 3.8) is 0 Å². The monoisotopic (exact) mass is 213 g/mol. The second kappa shape index (κ2) is 4.62. The van der Waals surface area contributed by atoms with Crippen molar-refractivity contribution in [2.75, 3.05) is 7.11 Å². The van der Waals surface area contributed by atoms with Crippen LogP contribution < -0.4 is 9.39 Å². The van der Waals surface area contributed by atoms with E-state index in [2.05, 4.69) is 4.65 Å². The molecule has 8 heteroatoms. The maximum atomic E-state index is 10.6. The third kappa shape index (κ3) is 2.83. The first-order valence-corrected chi connectivity index (χ1v) is 3.90. The second-order valence-corrected chi connectivity index (χ2v) is 2.53. The van der Waals surface area contributed by atoms with Crippen LogP contribution in [-0.4, -0.2) is 29.4 Å². The Balaban J connectivity index is 3.05. The van der Waals surface area contributed by atoms with Gasteiger partial charge in [0.25, 0.3) is 0 Å². The Morgan fingerprint density at radius 3 is 2.60 bits per heavy atom. The van der Waals surface area contributed by atoms with Crippen LogP contribution in [0.15, 0.2) is 18.2 Å². The van der Waals surface area contributed by atoms with Gasteiger partial charge in [0.2, 0.25) is 0 Å². The van der Waals surface area contributed by atoms with Crippen molar-refractivity contribution in [2.24, 2.45) is 0 Å². The number of hydrogen-bond donors (Lipinski definition) is 2. The lowest BCUT2D eigenvalue weighted by Gasteiger charge is -2.06. The van der Waals surface area contributed by atoms with Crippen molar-refractivity contribution < 1.29 is 24.4 Å². The maximum Gasteiger partial charge on any atom is 0.707 e. The first-order valence-electron chi connectivity index (χ1n) is 3.90. The van der Waals surface area contributed by atoms with Crippen molar-refractivity contribution in [3.05, 3.63) is 28.3 Å². The number of nitrogens with zero attached hydrogens (tertiary/aromatic N) is 1. The van der Waals surface area contributed by atoms with Crippen LogP contribution in [0.1, 0.15) is 0 Å². The lowest BCUT2D eigenvalue weighted by Crippen LogP contribution is -2.20. The fraction of sp³-hybridized carbons (Fsp3) is 0.143. The quantitative estimate of drug-likeness (QED) is 0.413. The van der Waals surface area contributed by atoms with E-state index >= 15 is 0 Å². The van der Waals surface area contributed by atoms with Gasteiger partial charge in [-0.05, 0) is 12.1 Å². The van der Waals surface area contributed by atoms with Crippen molar-refractivity contribution in [1.82, 2.24) is 0 Å². The van der Waals surface area contributed by atoms with Crippen LogP contribution in [-0.2, 0) is 0 Å². The van der Waals surface area contributed by atoms with Crippen molar-refractivity contribution in [2.45, 2.75) is 0 Å². The first-order chi connectivity index (χ1) is 7.04. The summed E-state index contributed by atoms with van der Waals surface area (Å²) in [7, 11) is -0.720. The Labute approximate surface area is 85.2 Å². The highest BCUT2D eigenvalue weighted by atomic mass is 16.6. The summed E-state index contributed by atoms with van der Waals surface area (Å²) in [6, 6.07) is 3.67. The average molecular weight is 213 g/mol. The zero-order valence-corrected chi connectivity index (χ0v) is 7.78. The summed E-state index contributed by atoms with van der Waals surface area (Å²) in [6.07, 6.45) is 0. The molecule has 0 unspecified atom stereocenters. The number of ether oxygens (including phenoxy) is 1. The lowest BCUT2D eigenvalue weighted by atomic mass is 10.2. The Hall–Kier alpha value is -1.80. The highest BCUT2D eigenvalue weighted by Crippen LogP contribution is 2.30. The Bertz CT molecular complexity index is 368. The zero-order valence-electron chi connectivity index (χ0n) is 7.78. The number of methoxy groups -OCH3 is 1. The summed E-state index contributed by atoms with van der Waals surface area (Å²) in [5.74, 6) is 0.0391. The second-order valence-electron chi connectivity index (χ2n) is 2.53. The number of rotatable bonds is 4. The summed E-state index contributed by atoms with van der Waals surface area (Å²) in [5.41, 5.74) is -0.310. The Kier molecular flexibility index (Phi) is 3.48. The Morgan fingerprint density at radius 2 is 2.13 bits per heavy atom. The fourth-order valence-corrected chi connectivity index (χ4v) is 1.01. The zero-order chi connectivity index (χ0) is 11.4. The van der Waals surface area contributed by atoms with Gasteiger partial charge in [0.1, 0.15) is 5.75 Å². The van der Waals surface area contributed by atoms with E-state index in [1.165, 1.54) is 19.2 Å². The van der Waals surface area contributed by atoms with Crippen LogP contribution in [0.5, 0.6) is 11.5 Å². The lowest BCUT2D eigenvalue weighted by molar-refractivity contribution is -0.385. The molecule has 7 nitrogen and oxygen atoms in total. The third-order valence-corrected chi connectivity index (χ3v) is 1.59. The smallest absolute Gasteiger partial charge is 0.512 e. The maximum absolute atomic E-state index is 10.6. The minimum atomic E-state index is -2.02. The summed E-state index contributed by atoms with van der Waals surface area (Å²) < 4.78 is 9.20. The molecule has 0 atom stereocenters. The largest absolute Gasteiger partial charge is 0.707 e. The van der Waals surface area contributed by atoms with Gasteiger partial charge in [0, 0.05) is 0 Å². The summed E-state index contributed by atoms with van der Waals surface area (Å²) in [6.45, 7) is 0. The normalized spacial score (nSPS) is 9.53. The van der Waals surface area contributed by atoms with Gasteiger partial charge in [-0.1, -0.05) is 0 Å². The highest BCUT2D eigenvalue weighted by molar-refractivity contribution is 6.33. The standard InChI is InChI=1S/C7H8BNO6/c1-14-7-3-2-5(15-8(10)11)4-6(7)9(12)13/h2-4,10-11H,1H3. The van der Waals surface area contributed by atoms with Crippen LogP contribution in [0.25, 0.3) is 0 Å². The van der Waals surface area contributed by atoms with E-state index in [1.54, 1.807) is 0 Å². The molecule has 0 aliphatic carbocycles. The van der Waals surface area contributed by atoms with Gasteiger partial charge in [0.05, 0.1) is 18.1 Å². The molecule has 0 fully saturated rings. The van der Waals surface area contributed by atoms with E-state index in [0.717, 1.165) is 6.07 Å². The molecule has 0 bridgehead atoms. The van der Waals surface area contributed by atoms with Gasteiger partial charge >= 0.3 is 13.0 Å². The van der Waals surface area contributed by atoms with Gasteiger partial charge in [0.15, 0.2) is 5.75 Å². The molecule has 0 radical (unpaired) electrons. The molecule has 1 aromatic rings. The van der Waals surface area contributed by atoms with Crippen LogP contribution in [0.2, 0.25) is 0 Å². The first kappa shape index (κ1) is 11.3. The predicted octanol–water partition coefficient (Wildman–Crippen LogP) is -0.0483. The summed E-state index contributed by atoms with van der Waals surface area (Å²) >= 11 is 0. The number of nitro groups is 1. The van der Waals surface area contributed by atoms with Gasteiger partial charge < -0.3 is 19.4 Å². The molecule has 0 saturated carbocycles. The molecule has 2 N–H and O–H groups in total. The molecule has 0 spiro atoms. The van der Waals surface area contributed by atoms with Gasteiger partial charge in [-0.25, -0.2) is 0 Å². The molecular weight excluding hydrogens is 205 g/mol. The molecule has 80 valence electrons. The SMILES string of the molecule is COc1ccc(OB(O)O)cc1[N+](=O)[O-]. The van der Waals surface area contributed by atoms with E-state index in [0.29, 0.717) is 0 Å². The number of hydrogen-bond acceptors (Lipinski definition) is 6. The average Bonchev–Trinajstić information content (AvgIpc) is 2.16. The van der Waals surface area contributed by atoms with E-state index in [-0.39, 0.29) is 17.2 Å². The van der Waals surface area contributed by atoms with Crippen LogP contribution in [0.4, 0.5) is 5.69 Å². The molecule has 0 aliphatic heterocycles. The number of nitro benzene ring substituents is 1. The molecule has 0 saturated heterocycles. The van der Waals surface area contributed by atoms with Gasteiger partial charge in [-0.15, -0.1) is 0 Å². The van der Waals surface area contributed by atoms with Crippen molar-refractivity contribution in [3.8, 4) is 11.5 Å². The predicted molar refractivity (Wildman–Crippen MR) is 50.5 cm³/mol. The molecule has 1 aromatic carbocycles. The van der Waals surface area contributed by atoms with Gasteiger partial charge in [-0.2, -0.15) is 0 Å². The number of benzene rings is 1. The highest BCUT2D eigenvalue weighted by Gasteiger charge is 2.18. The molecule has 15 heavy (non-hydrogen) atoms. The van der Waals surface area contributed by atoms with Crippen molar-refractivity contribution in [1.29, 1.82) is 0 Å². The molecule has 0 aromatic heterocycles. The van der Waals surface area contributed by atoms with Crippen LogP contribution >= 0.6 is 0 Å². The van der Waals surface area contributed by atoms with E-state index in [4.69, 9.17) is 14.8 Å². The van der Waals surface area contributed by atoms with E-state index in [1.807, 2.05) is 0 Å². The molecule has 1 rings (SSSR count). The van der Waals surface area contributed by atoms with E-state index in [9.17, 15) is 10.1 Å². The molecule has 0 aliphatic rings. The third-order valence-electron chi connectivity index (χ3n) is 1.59. The van der Waals surface area contributed by atoms with E-state index < -0.39 is 12.2 Å². The molecule has 0 amide bonds. The molecular formula is C7H8BNO6. The van der Waals surface area contributed by atoms with Crippen molar-refractivity contribution >= 4 is 13.0 Å². The minimum absolute atomic E-state index is 0.0301. The van der Waals surface area contributed by atoms with Crippen LogP contribution in [0.3, 0.4) is 0 Å². The topological polar surface area (TPSA) is 102 Å². The summed E-state index contributed by atoms with van der Waals surface area (Å²) in [5, 5.41) is 27.6. The summed E-state index contributed by atoms with van der Waals surface area (Å²) in [4.78, 5) is 9.91. The molecule has 0 heterocycles. The van der Waals surface area contributed by atoms with Crippen LogP contribution in [0, 0.1) is 10.1 Å². The minimum Gasteiger partial charge on any atom is -0.512 e. The Morgan fingerprint density at radius 1 is 1.47 bits per heavy atom.